The van der Waals surface area contributed by atoms with Crippen molar-refractivity contribution in [1.29, 1.82) is 0 Å². The van der Waals surface area contributed by atoms with Crippen LogP contribution >= 0.6 is 11.6 Å². The summed E-state index contributed by atoms with van der Waals surface area (Å²) >= 11 is 5.99. The third-order valence-electron chi connectivity index (χ3n) is 4.41. The molecule has 0 saturated carbocycles. The van der Waals surface area contributed by atoms with Gasteiger partial charge in [-0.15, -0.1) is 0 Å². The molecule has 1 aliphatic rings. The summed E-state index contributed by atoms with van der Waals surface area (Å²) in [5.74, 6) is -0.707. The van der Waals surface area contributed by atoms with Crippen molar-refractivity contribution in [3.63, 3.8) is 0 Å². The molecule has 2 aromatic carbocycles. The van der Waals surface area contributed by atoms with Gasteiger partial charge in [0.2, 0.25) is 5.91 Å². The van der Waals surface area contributed by atoms with Crippen LogP contribution in [-0.2, 0) is 11.2 Å². The molecule has 3 rings (SSSR count). The molecule has 136 valence electrons. The Morgan fingerprint density at radius 1 is 1.38 bits per heavy atom. The van der Waals surface area contributed by atoms with E-state index in [-0.39, 0.29) is 34.7 Å². The van der Waals surface area contributed by atoms with Gasteiger partial charge in [-0.3, -0.25) is 14.9 Å². The normalized spacial score (nSPS) is 13.3. The number of nitrogens with zero attached hydrogens (tertiary/aromatic N) is 2. The molecule has 0 atom stereocenters. The Morgan fingerprint density at radius 2 is 2.15 bits per heavy atom. The van der Waals surface area contributed by atoms with Gasteiger partial charge in [0.15, 0.2) is 0 Å². The first-order valence-electron chi connectivity index (χ1n) is 8.13. The number of non-ortho nitro benzene ring substituents is 1. The maximum absolute atomic E-state index is 14.3. The molecule has 0 aliphatic carbocycles. The van der Waals surface area contributed by atoms with E-state index >= 15 is 0 Å². The van der Waals surface area contributed by atoms with E-state index in [2.05, 4.69) is 5.32 Å². The molecule has 0 aromatic heterocycles. The predicted molar refractivity (Wildman–Crippen MR) is 98.4 cm³/mol. The second kappa shape index (κ2) is 7.29. The third-order valence-corrected chi connectivity index (χ3v) is 4.72. The summed E-state index contributed by atoms with van der Waals surface area (Å²) in [6.07, 6.45) is 1.62. The zero-order valence-electron chi connectivity index (χ0n) is 14.1. The van der Waals surface area contributed by atoms with Gasteiger partial charge in [-0.25, -0.2) is 4.39 Å². The fourth-order valence-corrected chi connectivity index (χ4v) is 3.39. The number of hydrogen-bond donors (Lipinski definition) is 1. The first-order valence-corrected chi connectivity index (χ1v) is 8.51. The number of halogens is 2. The second-order valence-electron chi connectivity index (χ2n) is 6.19. The Kier molecular flexibility index (Phi) is 5.08. The van der Waals surface area contributed by atoms with Crippen LogP contribution in [0.4, 0.5) is 21.5 Å². The molecule has 26 heavy (non-hydrogen) atoms. The van der Waals surface area contributed by atoms with Crippen molar-refractivity contribution in [2.24, 2.45) is 0 Å². The lowest BCUT2D eigenvalue weighted by molar-refractivity contribution is -0.384. The van der Waals surface area contributed by atoms with Gasteiger partial charge < -0.3 is 10.2 Å². The average Bonchev–Trinajstić information content (AvgIpc) is 2.60. The molecule has 0 spiro atoms. The maximum atomic E-state index is 14.3. The number of carbonyl (C=O) groups is 1. The Labute approximate surface area is 154 Å². The SMILES string of the molecule is Cc1ccc(F)c2c1CCCN2CC(=O)Nc1ccc([N+](=O)[O-])cc1Cl. The molecule has 8 heteroatoms. The molecule has 1 aliphatic heterocycles. The Morgan fingerprint density at radius 3 is 2.85 bits per heavy atom. The zero-order valence-corrected chi connectivity index (χ0v) is 14.8. The Balaban J connectivity index is 1.76. The minimum Gasteiger partial charge on any atom is -0.360 e. The highest BCUT2D eigenvalue weighted by atomic mass is 35.5. The van der Waals surface area contributed by atoms with Gasteiger partial charge in [0, 0.05) is 18.7 Å². The van der Waals surface area contributed by atoms with Crippen molar-refractivity contribution >= 4 is 34.6 Å². The van der Waals surface area contributed by atoms with Crippen molar-refractivity contribution in [2.45, 2.75) is 19.8 Å². The van der Waals surface area contributed by atoms with Gasteiger partial charge in [-0.1, -0.05) is 17.7 Å². The first kappa shape index (κ1) is 18.1. The van der Waals surface area contributed by atoms with Crippen molar-refractivity contribution < 1.29 is 14.1 Å². The van der Waals surface area contributed by atoms with Gasteiger partial charge in [0.25, 0.3) is 5.69 Å². The lowest BCUT2D eigenvalue weighted by Crippen LogP contribution is -2.37. The molecule has 0 unspecified atom stereocenters. The van der Waals surface area contributed by atoms with Gasteiger partial charge in [0.1, 0.15) is 5.82 Å². The lowest BCUT2D eigenvalue weighted by Gasteiger charge is -2.32. The van der Waals surface area contributed by atoms with Gasteiger partial charge in [0.05, 0.1) is 27.9 Å². The fraction of sp³-hybridized carbons (Fsp3) is 0.278. The standard InChI is InChI=1S/C18H17ClFN3O3/c1-11-4-6-15(20)18-13(11)3-2-8-22(18)10-17(24)21-16-7-5-12(23(25)26)9-14(16)19/h4-7,9H,2-3,8,10H2,1H3,(H,21,24). The van der Waals surface area contributed by atoms with Crippen LogP contribution in [0, 0.1) is 22.9 Å². The number of nitrogens with one attached hydrogen (secondary N) is 1. The van der Waals surface area contributed by atoms with Crippen LogP contribution < -0.4 is 10.2 Å². The number of hydrogen-bond acceptors (Lipinski definition) is 4. The number of carbonyl (C=O) groups excluding carboxylic acids is 1. The molecule has 0 fully saturated rings. The van der Waals surface area contributed by atoms with E-state index in [1.807, 2.05) is 6.92 Å². The van der Waals surface area contributed by atoms with E-state index in [0.717, 1.165) is 24.0 Å². The summed E-state index contributed by atoms with van der Waals surface area (Å²) in [7, 11) is 0. The van der Waals surface area contributed by atoms with Gasteiger partial charge >= 0.3 is 0 Å². The molecule has 0 radical (unpaired) electrons. The third kappa shape index (κ3) is 3.62. The van der Waals surface area contributed by atoms with Crippen molar-refractivity contribution in [2.75, 3.05) is 23.3 Å². The number of fused-ring (bicyclic) bond motifs is 1. The number of nitro groups is 1. The number of benzene rings is 2. The van der Waals surface area contributed by atoms with Crippen LogP contribution in [0.15, 0.2) is 30.3 Å². The van der Waals surface area contributed by atoms with Crippen LogP contribution in [-0.4, -0.2) is 23.9 Å². The van der Waals surface area contributed by atoms with Crippen LogP contribution in [0.1, 0.15) is 17.5 Å². The molecule has 1 amide bonds. The van der Waals surface area contributed by atoms with E-state index in [1.165, 1.54) is 24.3 Å². The molecule has 2 aromatic rings. The monoisotopic (exact) mass is 377 g/mol. The number of amides is 1. The number of nitro benzene ring substituents is 1. The predicted octanol–water partition coefficient (Wildman–Crippen LogP) is 4.09. The van der Waals surface area contributed by atoms with Crippen LogP contribution in [0.2, 0.25) is 5.02 Å². The second-order valence-corrected chi connectivity index (χ2v) is 6.59. The Bertz CT molecular complexity index is 888. The molecular formula is C18H17ClFN3O3. The zero-order chi connectivity index (χ0) is 18.8. The minimum atomic E-state index is -0.562. The highest BCUT2D eigenvalue weighted by Crippen LogP contribution is 2.32. The molecule has 1 N–H and O–H groups in total. The van der Waals surface area contributed by atoms with Gasteiger partial charge in [-0.2, -0.15) is 0 Å². The summed E-state index contributed by atoms with van der Waals surface area (Å²) in [6, 6.07) is 6.98. The van der Waals surface area contributed by atoms with Crippen LogP contribution in [0.5, 0.6) is 0 Å². The lowest BCUT2D eigenvalue weighted by atomic mass is 9.96. The van der Waals surface area contributed by atoms with Crippen molar-refractivity contribution in [3.8, 4) is 0 Å². The van der Waals surface area contributed by atoms with E-state index in [9.17, 15) is 19.3 Å². The maximum Gasteiger partial charge on any atom is 0.271 e. The number of rotatable bonds is 4. The average molecular weight is 378 g/mol. The van der Waals surface area contributed by atoms with Gasteiger partial charge in [-0.05, 0) is 43.0 Å². The topological polar surface area (TPSA) is 75.5 Å². The molecule has 0 saturated heterocycles. The molecule has 0 bridgehead atoms. The molecule has 1 heterocycles. The number of anilines is 2. The minimum absolute atomic E-state index is 0.0271. The van der Waals surface area contributed by atoms with Crippen LogP contribution in [0.3, 0.4) is 0 Å². The first-order chi connectivity index (χ1) is 12.4. The van der Waals surface area contributed by atoms with E-state index in [1.54, 1.807) is 11.0 Å². The summed E-state index contributed by atoms with van der Waals surface area (Å²) < 4.78 is 14.3. The summed E-state index contributed by atoms with van der Waals surface area (Å²) in [6.45, 7) is 2.48. The summed E-state index contributed by atoms with van der Waals surface area (Å²) in [5.41, 5.74) is 2.53. The fourth-order valence-electron chi connectivity index (χ4n) is 3.16. The highest BCUT2D eigenvalue weighted by molar-refractivity contribution is 6.34. The van der Waals surface area contributed by atoms with E-state index < -0.39 is 4.92 Å². The molecule has 6 nitrogen and oxygen atoms in total. The quantitative estimate of drug-likeness (QED) is 0.643. The molecular weight excluding hydrogens is 361 g/mol. The highest BCUT2D eigenvalue weighted by Gasteiger charge is 2.24. The Hall–Kier alpha value is -2.67. The van der Waals surface area contributed by atoms with Crippen molar-refractivity contribution in [1.82, 2.24) is 0 Å². The van der Waals surface area contributed by atoms with Crippen molar-refractivity contribution in [3.05, 3.63) is 62.4 Å². The van der Waals surface area contributed by atoms with E-state index in [0.29, 0.717) is 12.2 Å². The summed E-state index contributed by atoms with van der Waals surface area (Å²) in [4.78, 5) is 24.3. The summed E-state index contributed by atoms with van der Waals surface area (Å²) in [5, 5.41) is 13.5. The largest absolute Gasteiger partial charge is 0.360 e. The number of aryl methyl sites for hydroxylation is 1. The van der Waals surface area contributed by atoms with Crippen LogP contribution in [0.25, 0.3) is 0 Å². The van der Waals surface area contributed by atoms with E-state index in [4.69, 9.17) is 11.6 Å². The smallest absolute Gasteiger partial charge is 0.271 e.